The lowest BCUT2D eigenvalue weighted by Gasteiger charge is -1.90. The van der Waals surface area contributed by atoms with E-state index in [1.54, 1.807) is 18.2 Å². The Hall–Kier alpha value is -1.47. The summed E-state index contributed by atoms with van der Waals surface area (Å²) in [6, 6.07) is 4.99. The first-order valence-corrected chi connectivity index (χ1v) is 4.55. The van der Waals surface area contributed by atoms with Gasteiger partial charge in [0.1, 0.15) is 0 Å². The van der Waals surface area contributed by atoms with E-state index in [0.29, 0.717) is 5.69 Å². The van der Waals surface area contributed by atoms with Crippen LogP contribution in [0.4, 0.5) is 0 Å². The summed E-state index contributed by atoms with van der Waals surface area (Å²) >= 11 is 0. The Bertz CT molecular complexity index is 386. The van der Waals surface area contributed by atoms with Crippen LogP contribution in [-0.4, -0.2) is 24.2 Å². The van der Waals surface area contributed by atoms with Crippen LogP contribution in [0.3, 0.4) is 0 Å². The molecule has 1 aromatic heterocycles. The normalized spacial score (nSPS) is 11.8. The molecule has 0 saturated heterocycles. The van der Waals surface area contributed by atoms with Gasteiger partial charge < -0.3 is 0 Å². The van der Waals surface area contributed by atoms with Crippen molar-refractivity contribution in [1.82, 2.24) is 4.98 Å². The maximum Gasteiger partial charge on any atom is 0.466 e. The summed E-state index contributed by atoms with van der Waals surface area (Å²) in [6.07, 6.45) is 2.57. The Balaban J connectivity index is 2.61. The second-order valence-electron chi connectivity index (χ2n) is 1.99. The minimum absolute atomic E-state index is 0.422. The summed E-state index contributed by atoms with van der Waals surface area (Å²) in [6.45, 7) is 0. The summed E-state index contributed by atoms with van der Waals surface area (Å²) in [7, 11) is -4.52. The molecule has 0 amide bonds. The molecule has 1 N–H and O–H groups in total. The molecule has 0 aromatic carbocycles. The van der Waals surface area contributed by atoms with E-state index in [2.05, 4.69) is 14.4 Å². The summed E-state index contributed by atoms with van der Waals surface area (Å²) in [5.74, 6) is 0. The van der Waals surface area contributed by atoms with E-state index in [0.717, 1.165) is 6.21 Å². The first-order valence-electron chi connectivity index (χ1n) is 3.18. The molecule has 0 bridgehead atoms. The molecule has 0 aliphatic rings. The van der Waals surface area contributed by atoms with Crippen molar-refractivity contribution in [2.75, 3.05) is 0 Å². The lowest BCUT2D eigenvalue weighted by atomic mass is 10.4. The molecule has 0 aliphatic carbocycles. The monoisotopic (exact) mass is 202 g/mol. The molecule has 7 heteroatoms. The third-order valence-electron chi connectivity index (χ3n) is 1.01. The predicted molar refractivity (Wildman–Crippen MR) is 44.5 cm³/mol. The van der Waals surface area contributed by atoms with E-state index in [4.69, 9.17) is 4.55 Å². The van der Waals surface area contributed by atoms with E-state index >= 15 is 0 Å². The van der Waals surface area contributed by atoms with Crippen molar-refractivity contribution in [2.45, 2.75) is 0 Å². The Labute approximate surface area is 74.8 Å². The fourth-order valence-electron chi connectivity index (χ4n) is 0.582. The molecule has 6 nitrogen and oxygen atoms in total. The van der Waals surface area contributed by atoms with Gasteiger partial charge in [0.15, 0.2) is 0 Å². The van der Waals surface area contributed by atoms with Crippen molar-refractivity contribution in [3.05, 3.63) is 30.1 Å². The fourth-order valence-corrected chi connectivity index (χ4v) is 0.734. The van der Waals surface area contributed by atoms with Crippen LogP contribution in [0.2, 0.25) is 0 Å². The van der Waals surface area contributed by atoms with Crippen molar-refractivity contribution >= 4 is 16.6 Å². The summed E-state index contributed by atoms with van der Waals surface area (Å²) in [5.41, 5.74) is 0.422. The first-order chi connectivity index (χ1) is 6.08. The molecule has 0 saturated carbocycles. The van der Waals surface area contributed by atoms with Gasteiger partial charge in [-0.2, -0.15) is 8.42 Å². The molecule has 70 valence electrons. The van der Waals surface area contributed by atoms with Crippen molar-refractivity contribution in [1.29, 1.82) is 0 Å². The van der Waals surface area contributed by atoms with Gasteiger partial charge >= 0.3 is 10.4 Å². The second kappa shape index (κ2) is 3.97. The molecule has 13 heavy (non-hydrogen) atoms. The van der Waals surface area contributed by atoms with Gasteiger partial charge in [-0.15, -0.1) is 0 Å². The van der Waals surface area contributed by atoms with Gasteiger partial charge in [-0.3, -0.25) is 9.54 Å². The van der Waals surface area contributed by atoms with Gasteiger partial charge in [-0.25, -0.2) is 4.28 Å². The van der Waals surface area contributed by atoms with Crippen LogP contribution < -0.4 is 0 Å². The number of hydrogen-bond donors (Lipinski definition) is 1. The zero-order valence-electron chi connectivity index (χ0n) is 6.36. The molecule has 1 aromatic rings. The average Bonchev–Trinajstić information content (AvgIpc) is 2.04. The van der Waals surface area contributed by atoms with Crippen LogP contribution >= 0.6 is 0 Å². The van der Waals surface area contributed by atoms with Crippen molar-refractivity contribution in [3.63, 3.8) is 0 Å². The van der Waals surface area contributed by atoms with Crippen LogP contribution in [0, 0.1) is 0 Å². The van der Waals surface area contributed by atoms with Crippen molar-refractivity contribution in [3.8, 4) is 0 Å². The molecular formula is C6H6N2O4S. The molecule has 0 atom stereocenters. The quantitative estimate of drug-likeness (QED) is 0.430. The van der Waals surface area contributed by atoms with Crippen LogP contribution in [0.5, 0.6) is 0 Å². The molecule has 0 unspecified atom stereocenters. The summed E-state index contributed by atoms with van der Waals surface area (Å²) in [4.78, 5) is 3.79. The smallest absolute Gasteiger partial charge is 0.255 e. The van der Waals surface area contributed by atoms with Gasteiger partial charge in [0.2, 0.25) is 0 Å². The third kappa shape index (κ3) is 4.19. The van der Waals surface area contributed by atoms with Gasteiger partial charge in [0.25, 0.3) is 0 Å². The van der Waals surface area contributed by atoms with E-state index in [9.17, 15) is 8.42 Å². The molecule has 1 rings (SSSR count). The van der Waals surface area contributed by atoms with Crippen molar-refractivity contribution in [2.24, 2.45) is 5.16 Å². The van der Waals surface area contributed by atoms with Gasteiger partial charge in [-0.1, -0.05) is 11.2 Å². The second-order valence-corrected chi connectivity index (χ2v) is 3.00. The molecule has 0 radical (unpaired) electrons. The van der Waals surface area contributed by atoms with Crippen molar-refractivity contribution < 1.29 is 17.3 Å². The first kappa shape index (κ1) is 9.62. The average molecular weight is 202 g/mol. The zero-order valence-corrected chi connectivity index (χ0v) is 7.18. The number of rotatable bonds is 3. The van der Waals surface area contributed by atoms with Crippen LogP contribution in [0.25, 0.3) is 0 Å². The topological polar surface area (TPSA) is 88.9 Å². The highest BCUT2D eigenvalue weighted by Gasteiger charge is 2.00. The molecule has 0 spiro atoms. The number of nitrogens with zero attached hydrogens (tertiary/aromatic N) is 2. The van der Waals surface area contributed by atoms with Crippen LogP contribution in [0.1, 0.15) is 5.69 Å². The van der Waals surface area contributed by atoms with E-state index in [1.165, 1.54) is 6.20 Å². The lowest BCUT2D eigenvalue weighted by molar-refractivity contribution is 0.284. The number of aromatic nitrogens is 1. The maximum atomic E-state index is 10.0. The fraction of sp³-hybridized carbons (Fsp3) is 0. The lowest BCUT2D eigenvalue weighted by Crippen LogP contribution is -1.98. The van der Waals surface area contributed by atoms with Gasteiger partial charge in [0.05, 0.1) is 11.9 Å². The van der Waals surface area contributed by atoms with Gasteiger partial charge in [-0.05, 0) is 12.1 Å². The number of oxime groups is 1. The Morgan fingerprint density at radius 1 is 1.54 bits per heavy atom. The van der Waals surface area contributed by atoms with Gasteiger partial charge in [0, 0.05) is 6.20 Å². The van der Waals surface area contributed by atoms with Crippen LogP contribution in [0.15, 0.2) is 29.6 Å². The van der Waals surface area contributed by atoms with E-state index in [-0.39, 0.29) is 0 Å². The minimum atomic E-state index is -4.52. The zero-order chi connectivity index (χ0) is 9.73. The van der Waals surface area contributed by atoms with Crippen LogP contribution in [-0.2, 0) is 14.7 Å². The molecule has 0 fully saturated rings. The third-order valence-corrected chi connectivity index (χ3v) is 1.28. The summed E-state index contributed by atoms with van der Waals surface area (Å²) < 4.78 is 31.8. The maximum absolute atomic E-state index is 10.0. The minimum Gasteiger partial charge on any atom is -0.255 e. The van der Waals surface area contributed by atoms with E-state index < -0.39 is 10.4 Å². The number of pyridine rings is 1. The number of hydrogen-bond acceptors (Lipinski definition) is 5. The standard InChI is InChI=1S/C6H6N2O4S/c9-13(10,11)12-8-5-6-3-1-2-4-7-6/h1-5H,(H,9,10,11)/b8-5+. The Kier molecular flexibility index (Phi) is 2.93. The highest BCUT2D eigenvalue weighted by Crippen LogP contribution is 1.91. The highest BCUT2D eigenvalue weighted by atomic mass is 32.3. The predicted octanol–water partition coefficient (Wildman–Crippen LogP) is 0.235. The Morgan fingerprint density at radius 3 is 2.85 bits per heavy atom. The highest BCUT2D eigenvalue weighted by molar-refractivity contribution is 7.80. The SMILES string of the molecule is O=S(=O)(O)O/N=C/c1ccccn1. The molecule has 1 heterocycles. The molecule has 0 aliphatic heterocycles. The summed E-state index contributed by atoms with van der Waals surface area (Å²) in [5, 5.41) is 2.99. The largest absolute Gasteiger partial charge is 0.466 e. The van der Waals surface area contributed by atoms with E-state index in [1.807, 2.05) is 0 Å². The molecular weight excluding hydrogens is 196 g/mol. The Morgan fingerprint density at radius 2 is 2.31 bits per heavy atom.